The fourth-order valence-corrected chi connectivity index (χ4v) is 3.38. The lowest BCUT2D eigenvalue weighted by molar-refractivity contribution is -0.127. The quantitative estimate of drug-likeness (QED) is 0.840. The van der Waals surface area contributed by atoms with E-state index in [1.165, 1.54) is 0 Å². The highest BCUT2D eigenvalue weighted by Crippen LogP contribution is 2.35. The molecule has 0 aromatic carbocycles. The van der Waals surface area contributed by atoms with Crippen LogP contribution in [0.4, 0.5) is 0 Å². The summed E-state index contributed by atoms with van der Waals surface area (Å²) < 4.78 is 2.03. The Kier molecular flexibility index (Phi) is 5.79. The molecule has 1 aliphatic carbocycles. The number of nitrogens with zero attached hydrogens (tertiary/aromatic N) is 3. The molecular formula is C17H30N4O2. The third-order valence-electron chi connectivity index (χ3n) is 4.95. The molecule has 0 atom stereocenters. The van der Waals surface area contributed by atoms with Crippen LogP contribution in [0.5, 0.6) is 0 Å². The average molecular weight is 322 g/mol. The Morgan fingerprint density at radius 2 is 2.04 bits per heavy atom. The monoisotopic (exact) mass is 322 g/mol. The maximum absolute atomic E-state index is 12.3. The molecule has 2 rings (SSSR count). The van der Waals surface area contributed by atoms with E-state index < -0.39 is 5.60 Å². The molecule has 0 radical (unpaired) electrons. The molecular weight excluding hydrogens is 292 g/mol. The summed E-state index contributed by atoms with van der Waals surface area (Å²) in [4.78, 5) is 12.3. The summed E-state index contributed by atoms with van der Waals surface area (Å²) in [5, 5.41) is 21.2. The molecule has 1 aromatic heterocycles. The van der Waals surface area contributed by atoms with Crippen LogP contribution in [0.15, 0.2) is 6.33 Å². The van der Waals surface area contributed by atoms with Crippen molar-refractivity contribution in [3.63, 3.8) is 0 Å². The third kappa shape index (κ3) is 4.77. The fourth-order valence-electron chi connectivity index (χ4n) is 3.38. The molecule has 1 aliphatic rings. The lowest BCUT2D eigenvalue weighted by Gasteiger charge is -2.35. The molecule has 0 saturated heterocycles. The molecule has 1 heterocycles. The second-order valence-corrected chi connectivity index (χ2v) is 7.49. The molecule has 2 N–H and O–H groups in total. The highest BCUT2D eigenvalue weighted by Gasteiger charge is 2.33. The van der Waals surface area contributed by atoms with Gasteiger partial charge in [0.05, 0.1) is 5.60 Å². The zero-order valence-corrected chi connectivity index (χ0v) is 14.7. The van der Waals surface area contributed by atoms with Crippen molar-refractivity contribution in [3.05, 3.63) is 12.2 Å². The number of aliphatic hydroxyl groups is 1. The van der Waals surface area contributed by atoms with Crippen LogP contribution in [0.25, 0.3) is 0 Å². The van der Waals surface area contributed by atoms with Crippen molar-refractivity contribution >= 4 is 5.91 Å². The van der Waals surface area contributed by atoms with E-state index in [-0.39, 0.29) is 11.8 Å². The Balaban J connectivity index is 1.75. The molecule has 1 aromatic rings. The number of aromatic nitrogens is 3. The number of carbonyl (C=O) groups is 1. The maximum atomic E-state index is 12.3. The van der Waals surface area contributed by atoms with Crippen LogP contribution in [-0.4, -0.2) is 37.9 Å². The number of carbonyl (C=O) groups excluding carboxylic acids is 1. The molecule has 1 fully saturated rings. The van der Waals surface area contributed by atoms with Gasteiger partial charge in [0.1, 0.15) is 12.2 Å². The maximum Gasteiger partial charge on any atom is 0.223 e. The minimum Gasteiger partial charge on any atom is -0.390 e. The Labute approximate surface area is 138 Å². The molecule has 0 bridgehead atoms. The van der Waals surface area contributed by atoms with E-state index in [9.17, 15) is 9.90 Å². The van der Waals surface area contributed by atoms with Gasteiger partial charge in [-0.05, 0) is 59.3 Å². The summed E-state index contributed by atoms with van der Waals surface area (Å²) in [5.74, 6) is 1.42. The normalized spacial score (nSPS) is 22.3. The largest absolute Gasteiger partial charge is 0.390 e. The van der Waals surface area contributed by atoms with Gasteiger partial charge in [-0.1, -0.05) is 0 Å². The Bertz CT molecular complexity index is 511. The highest BCUT2D eigenvalue weighted by molar-refractivity contribution is 5.78. The van der Waals surface area contributed by atoms with E-state index in [1.807, 2.05) is 18.4 Å². The second-order valence-electron chi connectivity index (χ2n) is 7.49. The summed E-state index contributed by atoms with van der Waals surface area (Å²) in [5.41, 5.74) is -0.637. The van der Waals surface area contributed by atoms with Gasteiger partial charge in [0, 0.05) is 24.9 Å². The Hall–Kier alpha value is -1.43. The number of rotatable bonds is 6. The molecule has 6 heteroatoms. The Morgan fingerprint density at radius 3 is 2.61 bits per heavy atom. The van der Waals surface area contributed by atoms with Crippen LogP contribution < -0.4 is 5.32 Å². The summed E-state index contributed by atoms with van der Waals surface area (Å²) >= 11 is 0. The van der Waals surface area contributed by atoms with Gasteiger partial charge in [-0.15, -0.1) is 10.2 Å². The minimum absolute atomic E-state index is 0.0802. The molecule has 23 heavy (non-hydrogen) atoms. The minimum atomic E-state index is -0.637. The van der Waals surface area contributed by atoms with Crippen LogP contribution in [0, 0.1) is 11.8 Å². The van der Waals surface area contributed by atoms with Crippen LogP contribution in [0.2, 0.25) is 0 Å². The molecule has 0 aliphatic heterocycles. The molecule has 0 unspecified atom stereocenters. The fraction of sp³-hybridized carbons (Fsp3) is 0.824. The third-order valence-corrected chi connectivity index (χ3v) is 4.95. The number of nitrogens with one attached hydrogen (secondary N) is 1. The van der Waals surface area contributed by atoms with Gasteiger partial charge >= 0.3 is 0 Å². The van der Waals surface area contributed by atoms with E-state index in [0.29, 0.717) is 24.9 Å². The molecule has 0 spiro atoms. The van der Waals surface area contributed by atoms with Crippen LogP contribution in [-0.2, 0) is 11.2 Å². The molecule has 1 saturated carbocycles. The summed E-state index contributed by atoms with van der Waals surface area (Å²) in [6, 6.07) is 0.327. The zero-order chi connectivity index (χ0) is 17.0. The van der Waals surface area contributed by atoms with Gasteiger partial charge in [0.25, 0.3) is 0 Å². The molecule has 1 amide bonds. The highest BCUT2D eigenvalue weighted by atomic mass is 16.3. The summed E-state index contributed by atoms with van der Waals surface area (Å²) in [6.45, 7) is 8.50. The average Bonchev–Trinajstić information content (AvgIpc) is 2.95. The van der Waals surface area contributed by atoms with Crippen molar-refractivity contribution in [2.75, 3.05) is 6.54 Å². The first kappa shape index (κ1) is 17.9. The topological polar surface area (TPSA) is 80.0 Å². The van der Waals surface area contributed by atoms with E-state index in [1.54, 1.807) is 6.33 Å². The van der Waals surface area contributed by atoms with Crippen molar-refractivity contribution in [2.45, 2.75) is 71.4 Å². The van der Waals surface area contributed by atoms with E-state index in [4.69, 9.17) is 0 Å². The zero-order valence-electron chi connectivity index (χ0n) is 14.7. The van der Waals surface area contributed by atoms with Crippen molar-refractivity contribution < 1.29 is 9.90 Å². The lowest BCUT2D eigenvalue weighted by atomic mass is 9.74. The van der Waals surface area contributed by atoms with Gasteiger partial charge in [-0.3, -0.25) is 4.79 Å². The molecule has 130 valence electrons. The van der Waals surface area contributed by atoms with Gasteiger partial charge in [0.2, 0.25) is 5.91 Å². The SMILES string of the molecule is CC(C)n1cnnc1CCNC(=O)C1CCC(C(C)(C)O)CC1. The van der Waals surface area contributed by atoms with Gasteiger partial charge in [-0.25, -0.2) is 0 Å². The summed E-state index contributed by atoms with van der Waals surface area (Å²) in [6.07, 6.45) is 6.00. The van der Waals surface area contributed by atoms with Crippen molar-refractivity contribution in [3.8, 4) is 0 Å². The van der Waals surface area contributed by atoms with Crippen LogP contribution >= 0.6 is 0 Å². The van der Waals surface area contributed by atoms with E-state index in [2.05, 4.69) is 29.4 Å². The van der Waals surface area contributed by atoms with E-state index in [0.717, 1.165) is 31.5 Å². The number of hydrogen-bond acceptors (Lipinski definition) is 4. The van der Waals surface area contributed by atoms with Crippen LogP contribution in [0.3, 0.4) is 0 Å². The lowest BCUT2D eigenvalue weighted by Crippen LogP contribution is -2.39. The second kappa shape index (κ2) is 7.43. The van der Waals surface area contributed by atoms with Crippen molar-refractivity contribution in [1.29, 1.82) is 0 Å². The number of hydrogen-bond donors (Lipinski definition) is 2. The first-order chi connectivity index (χ1) is 10.8. The van der Waals surface area contributed by atoms with Gasteiger partial charge in [-0.2, -0.15) is 0 Å². The number of amides is 1. The first-order valence-electron chi connectivity index (χ1n) is 8.67. The van der Waals surface area contributed by atoms with Crippen molar-refractivity contribution in [2.24, 2.45) is 11.8 Å². The predicted molar refractivity (Wildman–Crippen MR) is 88.9 cm³/mol. The first-order valence-corrected chi connectivity index (χ1v) is 8.67. The van der Waals surface area contributed by atoms with Gasteiger partial charge in [0.15, 0.2) is 0 Å². The van der Waals surface area contributed by atoms with Crippen LogP contribution in [0.1, 0.15) is 65.2 Å². The standard InChI is InChI=1S/C17H30N4O2/c1-12(2)21-11-19-20-15(21)9-10-18-16(22)13-5-7-14(8-6-13)17(3,4)23/h11-14,23H,5-10H2,1-4H3,(H,18,22). The molecule has 6 nitrogen and oxygen atoms in total. The Morgan fingerprint density at radius 1 is 1.39 bits per heavy atom. The van der Waals surface area contributed by atoms with Gasteiger partial charge < -0.3 is 15.0 Å². The van der Waals surface area contributed by atoms with E-state index >= 15 is 0 Å². The predicted octanol–water partition coefficient (Wildman–Crippen LogP) is 2.09. The smallest absolute Gasteiger partial charge is 0.223 e. The summed E-state index contributed by atoms with van der Waals surface area (Å²) in [7, 11) is 0. The van der Waals surface area contributed by atoms with Crippen molar-refractivity contribution in [1.82, 2.24) is 20.1 Å².